The monoisotopic (exact) mass is 402 g/mol. The second-order valence-corrected chi connectivity index (χ2v) is 8.67. The van der Waals surface area contributed by atoms with E-state index in [1.165, 1.54) is 24.0 Å². The van der Waals surface area contributed by atoms with Crippen LogP contribution < -0.4 is 5.32 Å². The highest BCUT2D eigenvalue weighted by molar-refractivity contribution is 6.40. The SMILES string of the molecule is CN[C@](CCCCB(O)O)(C(=O)O)C1CCN(C2CCCc3ccccc32)CC1. The summed E-state index contributed by atoms with van der Waals surface area (Å²) in [7, 11) is 0.434. The Bertz CT molecular complexity index is 679. The van der Waals surface area contributed by atoms with Gasteiger partial charge in [-0.25, -0.2) is 0 Å². The van der Waals surface area contributed by atoms with Gasteiger partial charge in [0.05, 0.1) is 0 Å². The zero-order valence-corrected chi connectivity index (χ0v) is 17.5. The van der Waals surface area contributed by atoms with E-state index >= 15 is 0 Å². The largest absolute Gasteiger partial charge is 0.480 e. The van der Waals surface area contributed by atoms with Crippen LogP contribution in [0.3, 0.4) is 0 Å². The summed E-state index contributed by atoms with van der Waals surface area (Å²) in [6.45, 7) is 1.85. The number of likely N-dealkylation sites (tertiary alicyclic amines) is 1. The summed E-state index contributed by atoms with van der Waals surface area (Å²) >= 11 is 0. The Balaban J connectivity index is 1.63. The first-order valence-corrected chi connectivity index (χ1v) is 11.1. The number of nitrogens with one attached hydrogen (secondary N) is 1. The molecule has 0 saturated carbocycles. The third-order valence-corrected chi connectivity index (χ3v) is 7.12. The van der Waals surface area contributed by atoms with Crippen molar-refractivity contribution < 1.29 is 19.9 Å². The molecule has 1 aromatic rings. The molecule has 1 aliphatic carbocycles. The van der Waals surface area contributed by atoms with Crippen LogP contribution in [-0.2, 0) is 11.2 Å². The van der Waals surface area contributed by atoms with E-state index in [2.05, 4.69) is 34.5 Å². The lowest BCUT2D eigenvalue weighted by Crippen LogP contribution is -2.58. The number of piperidine rings is 1. The lowest BCUT2D eigenvalue weighted by molar-refractivity contribution is -0.149. The summed E-state index contributed by atoms with van der Waals surface area (Å²) < 4.78 is 0. The maximum absolute atomic E-state index is 12.3. The fourth-order valence-electron chi connectivity index (χ4n) is 5.46. The topological polar surface area (TPSA) is 93.0 Å². The van der Waals surface area contributed by atoms with Crippen molar-refractivity contribution in [3.63, 3.8) is 0 Å². The van der Waals surface area contributed by atoms with Crippen molar-refractivity contribution in [1.82, 2.24) is 10.2 Å². The van der Waals surface area contributed by atoms with Crippen molar-refractivity contribution >= 4 is 13.1 Å². The predicted molar refractivity (Wildman–Crippen MR) is 115 cm³/mol. The van der Waals surface area contributed by atoms with E-state index < -0.39 is 18.6 Å². The molecule has 160 valence electrons. The van der Waals surface area contributed by atoms with Crippen LogP contribution in [0.25, 0.3) is 0 Å². The van der Waals surface area contributed by atoms with E-state index in [4.69, 9.17) is 10.0 Å². The van der Waals surface area contributed by atoms with Gasteiger partial charge in [-0.1, -0.05) is 37.1 Å². The third-order valence-electron chi connectivity index (χ3n) is 7.12. The minimum Gasteiger partial charge on any atom is -0.480 e. The highest BCUT2D eigenvalue weighted by Gasteiger charge is 2.45. The molecule has 1 heterocycles. The van der Waals surface area contributed by atoms with Crippen molar-refractivity contribution in [3.8, 4) is 0 Å². The normalized spacial score (nSPS) is 22.7. The summed E-state index contributed by atoms with van der Waals surface area (Å²) in [5.41, 5.74) is 1.99. The van der Waals surface area contributed by atoms with Crippen molar-refractivity contribution in [2.24, 2.45) is 5.92 Å². The summed E-state index contributed by atoms with van der Waals surface area (Å²) in [4.78, 5) is 14.8. The number of hydrogen-bond acceptors (Lipinski definition) is 5. The first kappa shape index (κ1) is 22.3. The molecular weight excluding hydrogens is 367 g/mol. The number of fused-ring (bicyclic) bond motifs is 1. The number of benzene rings is 1. The van der Waals surface area contributed by atoms with Crippen LogP contribution in [0.1, 0.15) is 62.1 Å². The van der Waals surface area contributed by atoms with Crippen LogP contribution in [0, 0.1) is 5.92 Å². The van der Waals surface area contributed by atoms with Gasteiger partial charge in [0.1, 0.15) is 5.54 Å². The number of aliphatic carboxylic acids is 1. The van der Waals surface area contributed by atoms with Crippen molar-refractivity contribution in [2.45, 2.75) is 69.3 Å². The maximum atomic E-state index is 12.3. The second-order valence-electron chi connectivity index (χ2n) is 8.67. The van der Waals surface area contributed by atoms with Crippen LogP contribution >= 0.6 is 0 Å². The molecule has 0 aromatic heterocycles. The smallest absolute Gasteiger partial charge is 0.451 e. The molecule has 1 unspecified atom stereocenters. The van der Waals surface area contributed by atoms with Crippen molar-refractivity contribution in [2.75, 3.05) is 20.1 Å². The van der Waals surface area contributed by atoms with Gasteiger partial charge in [-0.05, 0) is 82.0 Å². The van der Waals surface area contributed by atoms with Gasteiger partial charge in [-0.2, -0.15) is 0 Å². The Labute approximate surface area is 174 Å². The first-order valence-electron chi connectivity index (χ1n) is 11.1. The summed E-state index contributed by atoms with van der Waals surface area (Å²) in [6.07, 6.45) is 7.39. The molecule has 1 saturated heterocycles. The number of rotatable bonds is 9. The molecule has 0 radical (unpaired) electrons. The van der Waals surface area contributed by atoms with Gasteiger partial charge >= 0.3 is 13.1 Å². The number of carboxylic acids is 1. The second kappa shape index (κ2) is 10.1. The zero-order valence-electron chi connectivity index (χ0n) is 17.5. The van der Waals surface area contributed by atoms with E-state index in [9.17, 15) is 9.90 Å². The molecule has 2 atom stereocenters. The molecule has 1 aromatic carbocycles. The third kappa shape index (κ3) is 5.02. The van der Waals surface area contributed by atoms with E-state index in [0.29, 0.717) is 31.6 Å². The van der Waals surface area contributed by atoms with Gasteiger partial charge in [0.2, 0.25) is 0 Å². The number of hydrogen-bond donors (Lipinski definition) is 4. The van der Waals surface area contributed by atoms with E-state index in [1.807, 2.05) is 0 Å². The lowest BCUT2D eigenvalue weighted by atomic mass is 9.73. The Kier molecular flexibility index (Phi) is 7.74. The summed E-state index contributed by atoms with van der Waals surface area (Å²) in [5.74, 6) is -0.704. The van der Waals surface area contributed by atoms with Crippen LogP contribution in [0.15, 0.2) is 24.3 Å². The molecule has 1 aliphatic heterocycles. The fraction of sp³-hybridized carbons (Fsp3) is 0.682. The minimum atomic E-state index is -1.31. The molecule has 29 heavy (non-hydrogen) atoms. The molecule has 6 nitrogen and oxygen atoms in total. The average Bonchev–Trinajstić information content (AvgIpc) is 2.73. The number of carbonyl (C=O) groups is 1. The molecule has 0 spiro atoms. The van der Waals surface area contributed by atoms with Gasteiger partial charge < -0.3 is 20.5 Å². The van der Waals surface area contributed by atoms with E-state index in [-0.39, 0.29) is 5.92 Å². The van der Waals surface area contributed by atoms with Crippen LogP contribution in [0.5, 0.6) is 0 Å². The van der Waals surface area contributed by atoms with Gasteiger partial charge in [0, 0.05) is 6.04 Å². The van der Waals surface area contributed by atoms with Gasteiger partial charge in [0.25, 0.3) is 0 Å². The highest BCUT2D eigenvalue weighted by Crippen LogP contribution is 2.39. The molecule has 3 rings (SSSR count). The summed E-state index contributed by atoms with van der Waals surface area (Å²) in [6, 6.07) is 9.21. The van der Waals surface area contributed by atoms with Crippen LogP contribution in [0.4, 0.5) is 0 Å². The maximum Gasteiger partial charge on any atom is 0.451 e. The standard InChI is InChI=1S/C22H35BN2O4/c1-24-22(21(26)27,13-4-5-14-23(28)29)18-11-15-25(16-12-18)20-10-6-8-17-7-2-3-9-19(17)20/h2-3,7,9,18,20,24,28-29H,4-6,8,10-16H2,1H3,(H,26,27)/t20?,22-/m0/s1. The Hall–Kier alpha value is -1.41. The predicted octanol–water partition coefficient (Wildman–Crippen LogP) is 2.46. The Morgan fingerprint density at radius 2 is 1.93 bits per heavy atom. The quantitative estimate of drug-likeness (QED) is 0.375. The van der Waals surface area contributed by atoms with E-state index in [1.54, 1.807) is 7.05 Å². The van der Waals surface area contributed by atoms with Gasteiger partial charge in [-0.3, -0.25) is 9.69 Å². The molecule has 0 bridgehead atoms. The Morgan fingerprint density at radius 3 is 2.59 bits per heavy atom. The van der Waals surface area contributed by atoms with Gasteiger partial charge in [-0.15, -0.1) is 0 Å². The number of nitrogens with zero attached hydrogens (tertiary/aromatic N) is 1. The van der Waals surface area contributed by atoms with Crippen LogP contribution in [-0.4, -0.2) is 58.8 Å². The first-order chi connectivity index (χ1) is 14.0. The number of likely N-dealkylation sites (N-methyl/N-ethyl adjacent to an activating group) is 1. The molecule has 1 fully saturated rings. The number of unbranched alkanes of at least 4 members (excludes halogenated alkanes) is 1. The molecule has 4 N–H and O–H groups in total. The summed E-state index contributed by atoms with van der Waals surface area (Å²) in [5, 5.41) is 31.3. The zero-order chi connectivity index (χ0) is 20.9. The molecule has 2 aliphatic rings. The van der Waals surface area contributed by atoms with Crippen molar-refractivity contribution in [3.05, 3.63) is 35.4 Å². The lowest BCUT2D eigenvalue weighted by Gasteiger charge is -2.45. The number of carboxylic acid groups (broad SMARTS) is 1. The van der Waals surface area contributed by atoms with E-state index in [0.717, 1.165) is 32.4 Å². The molecule has 0 amide bonds. The molecule has 7 heteroatoms. The average molecular weight is 402 g/mol. The fourth-order valence-corrected chi connectivity index (χ4v) is 5.46. The Morgan fingerprint density at radius 1 is 1.21 bits per heavy atom. The number of aryl methyl sites for hydroxylation is 1. The van der Waals surface area contributed by atoms with Crippen LogP contribution in [0.2, 0.25) is 6.32 Å². The minimum absolute atomic E-state index is 0.0825. The van der Waals surface area contributed by atoms with Crippen molar-refractivity contribution in [1.29, 1.82) is 0 Å². The van der Waals surface area contributed by atoms with Gasteiger partial charge in [0.15, 0.2) is 0 Å². The molecular formula is C22H35BN2O4. The highest BCUT2D eigenvalue weighted by atomic mass is 16.4.